The molecule has 0 heterocycles. The van der Waals surface area contributed by atoms with Crippen molar-refractivity contribution >= 4 is 7.92 Å². The van der Waals surface area contributed by atoms with Crippen LogP contribution in [0.25, 0.3) is 0 Å². The van der Waals surface area contributed by atoms with Crippen molar-refractivity contribution in [3.63, 3.8) is 0 Å². The minimum absolute atomic E-state index is 0.436. The van der Waals surface area contributed by atoms with E-state index in [9.17, 15) is 0 Å². The molecule has 0 aliphatic carbocycles. The predicted octanol–water partition coefficient (Wildman–Crippen LogP) is 3.70. The van der Waals surface area contributed by atoms with Crippen LogP contribution in [0.3, 0.4) is 0 Å². The molecule has 0 N–H and O–H groups in total. The van der Waals surface area contributed by atoms with Crippen LogP contribution >= 0.6 is 7.92 Å². The van der Waals surface area contributed by atoms with Crippen LogP contribution < -0.4 is 0 Å². The van der Waals surface area contributed by atoms with Gasteiger partial charge in [0.2, 0.25) is 0 Å². The SMILES string of the molecule is CCCCP(CC)CCC. The summed E-state index contributed by atoms with van der Waals surface area (Å²) in [6.07, 6.45) is 8.70. The Kier molecular flexibility index (Phi) is 7.86. The first-order chi connectivity index (χ1) is 4.85. The van der Waals surface area contributed by atoms with Crippen molar-refractivity contribution in [3.8, 4) is 0 Å². The Bertz CT molecular complexity index is 61.7. The third-order valence-corrected chi connectivity index (χ3v) is 4.74. The molecule has 1 atom stereocenters. The topological polar surface area (TPSA) is 0 Å². The van der Waals surface area contributed by atoms with Gasteiger partial charge < -0.3 is 0 Å². The Labute approximate surface area is 67.2 Å². The average Bonchev–Trinajstić information content (AvgIpc) is 1.98. The van der Waals surface area contributed by atoms with Crippen molar-refractivity contribution in [2.24, 2.45) is 0 Å². The molecule has 0 aromatic rings. The summed E-state index contributed by atoms with van der Waals surface area (Å²) >= 11 is 0. The summed E-state index contributed by atoms with van der Waals surface area (Å²) < 4.78 is 0. The fourth-order valence-corrected chi connectivity index (χ4v) is 3.38. The molecule has 10 heavy (non-hydrogen) atoms. The molecule has 0 radical (unpaired) electrons. The summed E-state index contributed by atoms with van der Waals surface area (Å²) in [5.74, 6) is 0. The van der Waals surface area contributed by atoms with Crippen LogP contribution in [0.1, 0.15) is 40.0 Å². The van der Waals surface area contributed by atoms with Gasteiger partial charge in [0.15, 0.2) is 0 Å². The van der Waals surface area contributed by atoms with Gasteiger partial charge in [-0.1, -0.05) is 33.6 Å². The van der Waals surface area contributed by atoms with Gasteiger partial charge in [-0.15, -0.1) is 7.92 Å². The lowest BCUT2D eigenvalue weighted by Gasteiger charge is -2.13. The van der Waals surface area contributed by atoms with Crippen LogP contribution in [-0.2, 0) is 0 Å². The quantitative estimate of drug-likeness (QED) is 0.520. The summed E-state index contributed by atoms with van der Waals surface area (Å²) in [6.45, 7) is 6.93. The average molecular weight is 160 g/mol. The van der Waals surface area contributed by atoms with Crippen LogP contribution in [-0.4, -0.2) is 18.5 Å². The lowest BCUT2D eigenvalue weighted by molar-refractivity contribution is 0.886. The van der Waals surface area contributed by atoms with E-state index in [0.717, 1.165) is 0 Å². The predicted molar refractivity (Wildman–Crippen MR) is 52.4 cm³/mol. The van der Waals surface area contributed by atoms with Crippen molar-refractivity contribution in [3.05, 3.63) is 0 Å². The standard InChI is InChI=1S/C9H21P/c1-4-7-9-10(6-3)8-5-2/h4-9H2,1-3H3. The highest BCUT2D eigenvalue weighted by molar-refractivity contribution is 7.57. The van der Waals surface area contributed by atoms with E-state index in [2.05, 4.69) is 20.8 Å². The minimum atomic E-state index is 0.436. The van der Waals surface area contributed by atoms with Crippen LogP contribution in [0, 0.1) is 0 Å². The number of unbranched alkanes of at least 4 members (excludes halogenated alkanes) is 1. The largest absolute Gasteiger partial charge is 0.107 e. The highest BCUT2D eigenvalue weighted by Crippen LogP contribution is 2.36. The third-order valence-electron chi connectivity index (χ3n) is 1.81. The summed E-state index contributed by atoms with van der Waals surface area (Å²) in [7, 11) is 0.436. The maximum atomic E-state index is 2.34. The zero-order valence-corrected chi connectivity index (χ0v) is 8.58. The molecular formula is C9H21P. The van der Waals surface area contributed by atoms with Crippen molar-refractivity contribution in [2.75, 3.05) is 18.5 Å². The lowest BCUT2D eigenvalue weighted by Crippen LogP contribution is -1.91. The van der Waals surface area contributed by atoms with Crippen molar-refractivity contribution in [1.82, 2.24) is 0 Å². The number of rotatable bonds is 6. The van der Waals surface area contributed by atoms with Gasteiger partial charge in [-0.25, -0.2) is 0 Å². The summed E-state index contributed by atoms with van der Waals surface area (Å²) in [6, 6.07) is 0. The maximum absolute atomic E-state index is 2.34. The number of hydrogen-bond acceptors (Lipinski definition) is 0. The van der Waals surface area contributed by atoms with Crippen LogP contribution in [0.5, 0.6) is 0 Å². The Hall–Kier alpha value is 0.430. The fourth-order valence-electron chi connectivity index (χ4n) is 1.13. The van der Waals surface area contributed by atoms with E-state index in [4.69, 9.17) is 0 Å². The molecule has 0 aliphatic heterocycles. The van der Waals surface area contributed by atoms with E-state index < -0.39 is 0 Å². The van der Waals surface area contributed by atoms with Gasteiger partial charge in [0.1, 0.15) is 0 Å². The molecule has 0 saturated heterocycles. The third kappa shape index (κ3) is 5.23. The molecule has 0 aromatic carbocycles. The second-order valence-electron chi connectivity index (χ2n) is 2.79. The summed E-state index contributed by atoms with van der Waals surface area (Å²) in [5.41, 5.74) is 0. The minimum Gasteiger partial charge on any atom is -0.107 e. The van der Waals surface area contributed by atoms with E-state index >= 15 is 0 Å². The highest BCUT2D eigenvalue weighted by Gasteiger charge is 2.01. The number of hydrogen-bond donors (Lipinski definition) is 0. The van der Waals surface area contributed by atoms with E-state index in [1.165, 1.54) is 37.7 Å². The molecule has 0 bridgehead atoms. The maximum Gasteiger partial charge on any atom is -0.0326 e. The molecular weight excluding hydrogens is 139 g/mol. The normalized spacial score (nSPS) is 13.5. The monoisotopic (exact) mass is 160 g/mol. The summed E-state index contributed by atoms with van der Waals surface area (Å²) in [5, 5.41) is 0. The van der Waals surface area contributed by atoms with Crippen LogP contribution in [0.15, 0.2) is 0 Å². The molecule has 1 unspecified atom stereocenters. The first-order valence-electron chi connectivity index (χ1n) is 4.57. The molecule has 0 aliphatic rings. The zero-order valence-electron chi connectivity index (χ0n) is 7.69. The smallest absolute Gasteiger partial charge is 0.0326 e. The van der Waals surface area contributed by atoms with E-state index in [0.29, 0.717) is 7.92 Å². The summed E-state index contributed by atoms with van der Waals surface area (Å²) in [4.78, 5) is 0. The van der Waals surface area contributed by atoms with Crippen molar-refractivity contribution < 1.29 is 0 Å². The van der Waals surface area contributed by atoms with E-state index in [1.54, 1.807) is 0 Å². The zero-order chi connectivity index (χ0) is 7.82. The molecule has 1 heteroatoms. The molecule has 0 nitrogen and oxygen atoms in total. The Morgan fingerprint density at radius 1 is 0.900 bits per heavy atom. The highest BCUT2D eigenvalue weighted by atomic mass is 31.1. The fraction of sp³-hybridized carbons (Fsp3) is 1.00. The van der Waals surface area contributed by atoms with Gasteiger partial charge >= 0.3 is 0 Å². The van der Waals surface area contributed by atoms with E-state index in [1.807, 2.05) is 0 Å². The van der Waals surface area contributed by atoms with Crippen LogP contribution in [0.2, 0.25) is 0 Å². The Morgan fingerprint density at radius 3 is 2.00 bits per heavy atom. The van der Waals surface area contributed by atoms with E-state index in [-0.39, 0.29) is 0 Å². The second-order valence-corrected chi connectivity index (χ2v) is 5.66. The van der Waals surface area contributed by atoms with Crippen molar-refractivity contribution in [2.45, 2.75) is 40.0 Å². The molecule has 0 spiro atoms. The van der Waals surface area contributed by atoms with Crippen molar-refractivity contribution in [1.29, 1.82) is 0 Å². The van der Waals surface area contributed by atoms with Crippen LogP contribution in [0.4, 0.5) is 0 Å². The Balaban J connectivity index is 3.21. The first-order valence-corrected chi connectivity index (χ1v) is 6.47. The molecule has 0 aromatic heterocycles. The van der Waals surface area contributed by atoms with Gasteiger partial charge in [0.05, 0.1) is 0 Å². The van der Waals surface area contributed by atoms with Gasteiger partial charge in [0, 0.05) is 0 Å². The van der Waals surface area contributed by atoms with Gasteiger partial charge in [0.25, 0.3) is 0 Å². The molecule has 0 amide bonds. The second kappa shape index (κ2) is 7.54. The molecule has 0 fully saturated rings. The first kappa shape index (κ1) is 10.4. The van der Waals surface area contributed by atoms with Gasteiger partial charge in [-0.2, -0.15) is 0 Å². The molecule has 62 valence electrons. The molecule has 0 saturated carbocycles. The lowest BCUT2D eigenvalue weighted by atomic mass is 10.4. The van der Waals surface area contributed by atoms with Gasteiger partial charge in [-0.3, -0.25) is 0 Å². The Morgan fingerprint density at radius 2 is 1.60 bits per heavy atom. The van der Waals surface area contributed by atoms with Gasteiger partial charge in [-0.05, 0) is 24.9 Å². The molecule has 0 rings (SSSR count).